The predicted molar refractivity (Wildman–Crippen MR) is 67.9 cm³/mol. The van der Waals surface area contributed by atoms with Gasteiger partial charge in [0.1, 0.15) is 0 Å². The summed E-state index contributed by atoms with van der Waals surface area (Å²) in [5.74, 6) is 0.515. The van der Waals surface area contributed by atoms with Crippen molar-refractivity contribution in [1.82, 2.24) is 0 Å². The first-order valence-corrected chi connectivity index (χ1v) is 6.69. The molecule has 0 aliphatic carbocycles. The molecule has 100 valence electrons. The molecule has 1 aliphatic heterocycles. The fourth-order valence-electron chi connectivity index (χ4n) is 1.88. The van der Waals surface area contributed by atoms with E-state index < -0.39 is 0 Å². The summed E-state index contributed by atoms with van der Waals surface area (Å²) in [5.41, 5.74) is 0. The van der Waals surface area contributed by atoms with Gasteiger partial charge in [-0.25, -0.2) is 0 Å². The Kier molecular flexibility index (Phi) is 8.48. The number of thiol groups is 1. The highest BCUT2D eigenvalue weighted by atomic mass is 32.1. The average Bonchev–Trinajstić information content (AvgIpc) is 2.35. The molecule has 0 spiro atoms. The summed E-state index contributed by atoms with van der Waals surface area (Å²) in [4.78, 5) is 10.9. The lowest BCUT2D eigenvalue weighted by Gasteiger charge is -2.21. The lowest BCUT2D eigenvalue weighted by atomic mass is 9.96. The smallest absolute Gasteiger partial charge is 0.305 e. The van der Waals surface area contributed by atoms with Crippen molar-refractivity contribution in [2.45, 2.75) is 38.5 Å². The third-order valence-electron chi connectivity index (χ3n) is 2.91. The van der Waals surface area contributed by atoms with Crippen LogP contribution in [0.25, 0.3) is 0 Å². The molecule has 0 saturated carbocycles. The number of cyclic esters (lactones) is 1. The molecule has 1 unspecified atom stereocenters. The van der Waals surface area contributed by atoms with Crippen LogP contribution in [0.3, 0.4) is 0 Å². The summed E-state index contributed by atoms with van der Waals surface area (Å²) in [6.07, 6.45) is 5.82. The van der Waals surface area contributed by atoms with E-state index in [-0.39, 0.29) is 5.97 Å². The zero-order valence-corrected chi connectivity index (χ0v) is 11.1. The maximum Gasteiger partial charge on any atom is 0.305 e. The van der Waals surface area contributed by atoms with Crippen LogP contribution >= 0.6 is 12.9 Å². The van der Waals surface area contributed by atoms with Crippen molar-refractivity contribution in [3.8, 4) is 0 Å². The Labute approximate surface area is 109 Å². The highest BCUT2D eigenvalue weighted by molar-refractivity contribution is 7.75. The maximum atomic E-state index is 10.9. The van der Waals surface area contributed by atoms with Crippen LogP contribution in [0.1, 0.15) is 38.5 Å². The minimum atomic E-state index is -0.0454. The Balaban J connectivity index is 1.82. The van der Waals surface area contributed by atoms with Crippen LogP contribution in [0.2, 0.25) is 0 Å². The van der Waals surface area contributed by atoms with Gasteiger partial charge in [-0.2, -0.15) is 0 Å². The highest BCUT2D eigenvalue weighted by Crippen LogP contribution is 2.20. The second kappa shape index (κ2) is 9.74. The van der Waals surface area contributed by atoms with E-state index in [1.807, 2.05) is 0 Å². The lowest BCUT2D eigenvalue weighted by Crippen LogP contribution is -2.21. The van der Waals surface area contributed by atoms with Crippen molar-refractivity contribution in [1.29, 1.82) is 0 Å². The number of ether oxygens (including phenoxy) is 2. The summed E-state index contributed by atoms with van der Waals surface area (Å²) < 4.78 is 15.1. The summed E-state index contributed by atoms with van der Waals surface area (Å²) >= 11 is 3.65. The number of hydrogen-bond acceptors (Lipinski definition) is 5. The van der Waals surface area contributed by atoms with Crippen molar-refractivity contribution in [2.24, 2.45) is 5.92 Å². The van der Waals surface area contributed by atoms with Crippen LogP contribution in [-0.4, -0.2) is 32.4 Å². The van der Waals surface area contributed by atoms with Gasteiger partial charge in [0.15, 0.2) is 0 Å². The summed E-state index contributed by atoms with van der Waals surface area (Å²) in [6, 6.07) is 0. The SMILES string of the molecule is O=C1CCC(CCCCOCCCOS)CO1. The lowest BCUT2D eigenvalue weighted by molar-refractivity contribution is -0.149. The standard InChI is InChI=1S/C12H22O4S/c13-12-6-5-11(10-15-12)4-1-2-7-14-8-3-9-16-17/h11,17H,1-10H2. The number of carbonyl (C=O) groups is 1. The molecule has 1 aliphatic rings. The summed E-state index contributed by atoms with van der Waals surface area (Å²) in [7, 11) is 0. The van der Waals surface area contributed by atoms with E-state index >= 15 is 0 Å². The van der Waals surface area contributed by atoms with Crippen LogP contribution < -0.4 is 0 Å². The molecule has 0 radical (unpaired) electrons. The summed E-state index contributed by atoms with van der Waals surface area (Å²) in [6.45, 7) is 2.79. The molecule has 0 bridgehead atoms. The van der Waals surface area contributed by atoms with Crippen molar-refractivity contribution in [2.75, 3.05) is 26.4 Å². The zero-order valence-electron chi connectivity index (χ0n) is 10.2. The van der Waals surface area contributed by atoms with E-state index in [0.29, 0.717) is 25.6 Å². The maximum absolute atomic E-state index is 10.9. The molecule has 1 rings (SSSR count). The van der Waals surface area contributed by atoms with Gasteiger partial charge < -0.3 is 13.7 Å². The number of unbranched alkanes of at least 4 members (excludes halogenated alkanes) is 1. The van der Waals surface area contributed by atoms with Crippen LogP contribution in [0, 0.1) is 5.92 Å². The third kappa shape index (κ3) is 7.63. The normalized spacial score (nSPS) is 20.3. The van der Waals surface area contributed by atoms with Crippen LogP contribution in [0.4, 0.5) is 0 Å². The first kappa shape index (κ1) is 14.8. The van der Waals surface area contributed by atoms with E-state index in [4.69, 9.17) is 9.47 Å². The van der Waals surface area contributed by atoms with Gasteiger partial charge in [0.05, 0.1) is 13.2 Å². The fraction of sp³-hybridized carbons (Fsp3) is 0.917. The number of carbonyl (C=O) groups excluding carboxylic acids is 1. The van der Waals surface area contributed by atoms with E-state index in [2.05, 4.69) is 17.1 Å². The Morgan fingerprint density at radius 2 is 2.06 bits per heavy atom. The molecule has 0 aromatic heterocycles. The Morgan fingerprint density at radius 1 is 1.24 bits per heavy atom. The zero-order chi connectivity index (χ0) is 12.3. The fourth-order valence-corrected chi connectivity index (χ4v) is 2.01. The van der Waals surface area contributed by atoms with Crippen LogP contribution in [-0.2, 0) is 18.5 Å². The number of esters is 1. The van der Waals surface area contributed by atoms with Gasteiger partial charge in [0.25, 0.3) is 0 Å². The topological polar surface area (TPSA) is 44.8 Å². The average molecular weight is 262 g/mol. The van der Waals surface area contributed by atoms with Crippen molar-refractivity contribution in [3.05, 3.63) is 0 Å². The Hall–Kier alpha value is -0.260. The molecule has 0 aromatic carbocycles. The van der Waals surface area contributed by atoms with Crippen molar-refractivity contribution >= 4 is 18.9 Å². The van der Waals surface area contributed by atoms with Crippen molar-refractivity contribution in [3.63, 3.8) is 0 Å². The first-order valence-electron chi connectivity index (χ1n) is 6.32. The molecule has 1 atom stereocenters. The molecule has 0 aromatic rings. The molecule has 1 fully saturated rings. The predicted octanol–water partition coefficient (Wildman–Crippen LogP) is 2.38. The number of rotatable bonds is 9. The van der Waals surface area contributed by atoms with E-state index in [0.717, 1.165) is 45.3 Å². The Bertz CT molecular complexity index is 201. The second-order valence-corrected chi connectivity index (χ2v) is 4.64. The minimum Gasteiger partial charge on any atom is -0.465 e. The molecule has 1 heterocycles. The second-order valence-electron chi connectivity index (χ2n) is 4.38. The molecule has 17 heavy (non-hydrogen) atoms. The van der Waals surface area contributed by atoms with E-state index in [1.165, 1.54) is 0 Å². The molecule has 1 saturated heterocycles. The minimum absolute atomic E-state index is 0.0454. The summed E-state index contributed by atoms with van der Waals surface area (Å²) in [5, 5.41) is 0. The largest absolute Gasteiger partial charge is 0.465 e. The van der Waals surface area contributed by atoms with Gasteiger partial charge in [0.2, 0.25) is 0 Å². The van der Waals surface area contributed by atoms with Gasteiger partial charge >= 0.3 is 5.97 Å². The van der Waals surface area contributed by atoms with Gasteiger partial charge in [-0.05, 0) is 44.5 Å². The number of hydrogen-bond donors (Lipinski definition) is 1. The highest BCUT2D eigenvalue weighted by Gasteiger charge is 2.18. The third-order valence-corrected chi connectivity index (χ3v) is 3.09. The van der Waals surface area contributed by atoms with Gasteiger partial charge in [0, 0.05) is 19.6 Å². The molecule has 5 heteroatoms. The molecule has 0 amide bonds. The molecule has 4 nitrogen and oxygen atoms in total. The molecule has 0 N–H and O–H groups in total. The van der Waals surface area contributed by atoms with Gasteiger partial charge in [-0.1, -0.05) is 6.42 Å². The van der Waals surface area contributed by atoms with Crippen LogP contribution in [0.5, 0.6) is 0 Å². The Morgan fingerprint density at radius 3 is 2.76 bits per heavy atom. The quantitative estimate of drug-likeness (QED) is 0.300. The van der Waals surface area contributed by atoms with Crippen LogP contribution in [0.15, 0.2) is 0 Å². The monoisotopic (exact) mass is 262 g/mol. The van der Waals surface area contributed by atoms with E-state index in [9.17, 15) is 4.79 Å². The van der Waals surface area contributed by atoms with Gasteiger partial charge in [-0.15, -0.1) is 0 Å². The van der Waals surface area contributed by atoms with Gasteiger partial charge in [-0.3, -0.25) is 4.79 Å². The van der Waals surface area contributed by atoms with Crippen molar-refractivity contribution < 1.29 is 18.5 Å². The first-order chi connectivity index (χ1) is 8.33. The van der Waals surface area contributed by atoms with E-state index in [1.54, 1.807) is 0 Å². The molecular weight excluding hydrogens is 240 g/mol. The molecular formula is C12H22O4S.